The number of alkyl halides is 2. The van der Waals surface area contributed by atoms with Crippen LogP contribution in [0.15, 0.2) is 36.9 Å². The maximum absolute atomic E-state index is 14.7. The number of aromatic carboxylic acids is 1. The van der Waals surface area contributed by atoms with E-state index in [-0.39, 0.29) is 35.7 Å². The number of nitrogens with zero attached hydrogens (tertiary/aromatic N) is 11. The minimum absolute atomic E-state index is 0.0187. The second-order valence-electron chi connectivity index (χ2n) is 16.5. The number of piperidine rings is 1. The van der Waals surface area contributed by atoms with Gasteiger partial charge >= 0.3 is 12.0 Å². The number of likely N-dealkylation sites (tertiary alicyclic amines) is 1. The molecule has 0 aliphatic carbocycles. The molecule has 63 heavy (non-hydrogen) atoms. The van der Waals surface area contributed by atoms with Crippen LogP contribution in [-0.4, -0.2) is 160 Å². The van der Waals surface area contributed by atoms with Gasteiger partial charge in [-0.3, -0.25) is 19.1 Å². The van der Waals surface area contributed by atoms with Gasteiger partial charge in [-0.05, 0) is 55.4 Å². The molecule has 4 aromatic rings. The van der Waals surface area contributed by atoms with E-state index in [0.717, 1.165) is 68.8 Å². The van der Waals surface area contributed by atoms with Gasteiger partial charge in [0.25, 0.3) is 6.43 Å². The monoisotopic (exact) mass is 874 g/mol. The van der Waals surface area contributed by atoms with E-state index >= 15 is 0 Å². The van der Waals surface area contributed by atoms with E-state index in [9.17, 15) is 23.2 Å². The van der Waals surface area contributed by atoms with Crippen LogP contribution in [0.5, 0.6) is 0 Å². The van der Waals surface area contributed by atoms with E-state index < -0.39 is 12.4 Å². The Kier molecular flexibility index (Phi) is 13.8. The first-order valence-corrected chi connectivity index (χ1v) is 21.8. The SMILES string of the molecule is CNC(=O)N1CCc2c(c(N3CCCc4cc(-c5cnn(C)c5)c(C(F)F)cc43)nn2C2CCN(C(=O)COCCOCCCN3CCN(c4ncc(C(=O)O)cn4)CC3)CC2)C1. The van der Waals surface area contributed by atoms with Crippen LogP contribution in [0.2, 0.25) is 0 Å². The lowest BCUT2D eigenvalue weighted by Gasteiger charge is -2.34. The molecule has 4 aliphatic rings. The van der Waals surface area contributed by atoms with Crippen molar-refractivity contribution in [2.75, 3.05) is 102 Å². The molecule has 3 aromatic heterocycles. The number of aromatic nitrogens is 6. The third kappa shape index (κ3) is 9.92. The number of urea groups is 1. The van der Waals surface area contributed by atoms with E-state index in [4.69, 9.17) is 19.7 Å². The van der Waals surface area contributed by atoms with Gasteiger partial charge in [-0.1, -0.05) is 0 Å². The van der Waals surface area contributed by atoms with Crippen molar-refractivity contribution in [3.05, 3.63) is 64.9 Å². The number of carbonyl (C=O) groups excluding carboxylic acids is 2. The third-order valence-corrected chi connectivity index (χ3v) is 12.5. The van der Waals surface area contributed by atoms with Gasteiger partial charge in [0.1, 0.15) is 6.61 Å². The highest BCUT2D eigenvalue weighted by Gasteiger charge is 2.35. The van der Waals surface area contributed by atoms with E-state index in [0.29, 0.717) is 100 Å². The Labute approximate surface area is 364 Å². The number of carboxylic acids is 1. The van der Waals surface area contributed by atoms with Crippen LogP contribution in [0.4, 0.5) is 31.0 Å². The highest BCUT2D eigenvalue weighted by atomic mass is 19.3. The molecule has 7 heterocycles. The quantitative estimate of drug-likeness (QED) is 0.165. The van der Waals surface area contributed by atoms with Crippen molar-refractivity contribution in [2.24, 2.45) is 7.05 Å². The number of rotatable bonds is 15. The molecule has 0 saturated carbocycles. The molecule has 20 heteroatoms. The highest BCUT2D eigenvalue weighted by Crippen LogP contribution is 2.43. The molecule has 1 aromatic carbocycles. The summed E-state index contributed by atoms with van der Waals surface area (Å²) in [6, 6.07) is 3.34. The molecule has 0 atom stereocenters. The van der Waals surface area contributed by atoms with Crippen LogP contribution in [0, 0.1) is 0 Å². The van der Waals surface area contributed by atoms with E-state index in [1.165, 1.54) is 12.4 Å². The molecule has 0 radical (unpaired) electrons. The first-order valence-electron chi connectivity index (χ1n) is 21.8. The number of hydrogen-bond donors (Lipinski definition) is 2. The number of hydrogen-bond acceptors (Lipinski definition) is 12. The zero-order valence-electron chi connectivity index (χ0n) is 35.9. The number of halogens is 2. The Balaban J connectivity index is 0.819. The molecule has 3 amide bonds. The first kappa shape index (κ1) is 43.9. The van der Waals surface area contributed by atoms with Crippen molar-refractivity contribution in [3.63, 3.8) is 0 Å². The summed E-state index contributed by atoms with van der Waals surface area (Å²) in [7, 11) is 3.38. The summed E-state index contributed by atoms with van der Waals surface area (Å²) in [4.78, 5) is 55.5. The molecule has 338 valence electrons. The summed E-state index contributed by atoms with van der Waals surface area (Å²) >= 11 is 0. The van der Waals surface area contributed by atoms with Gasteiger partial charge < -0.3 is 39.5 Å². The minimum atomic E-state index is -2.69. The van der Waals surface area contributed by atoms with E-state index in [1.807, 2.05) is 11.0 Å². The second kappa shape index (κ2) is 19.8. The topological polar surface area (TPSA) is 180 Å². The smallest absolute Gasteiger partial charge is 0.338 e. The van der Waals surface area contributed by atoms with Gasteiger partial charge in [0.05, 0.1) is 37.6 Å². The van der Waals surface area contributed by atoms with Crippen molar-refractivity contribution < 1.29 is 37.7 Å². The minimum Gasteiger partial charge on any atom is -0.478 e. The predicted molar refractivity (Wildman–Crippen MR) is 228 cm³/mol. The maximum atomic E-state index is 14.7. The van der Waals surface area contributed by atoms with Crippen LogP contribution in [0.1, 0.15) is 70.9 Å². The fourth-order valence-corrected chi connectivity index (χ4v) is 9.13. The average molecular weight is 875 g/mol. The highest BCUT2D eigenvalue weighted by molar-refractivity contribution is 5.86. The molecule has 0 bridgehead atoms. The van der Waals surface area contributed by atoms with Crippen LogP contribution in [0.3, 0.4) is 0 Å². The lowest BCUT2D eigenvalue weighted by atomic mass is 9.92. The number of nitrogens with one attached hydrogen (secondary N) is 1. The largest absolute Gasteiger partial charge is 0.478 e. The lowest BCUT2D eigenvalue weighted by molar-refractivity contribution is -0.138. The van der Waals surface area contributed by atoms with Crippen LogP contribution in [0.25, 0.3) is 11.1 Å². The van der Waals surface area contributed by atoms with Crippen molar-refractivity contribution in [2.45, 2.75) is 57.5 Å². The molecule has 8 rings (SSSR count). The predicted octanol–water partition coefficient (Wildman–Crippen LogP) is 3.90. The fourth-order valence-electron chi connectivity index (χ4n) is 9.13. The van der Waals surface area contributed by atoms with Crippen molar-refractivity contribution >= 4 is 35.4 Å². The summed E-state index contributed by atoms with van der Waals surface area (Å²) < 4.78 is 44.6. The Hall–Kier alpha value is -5.73. The third-order valence-electron chi connectivity index (χ3n) is 12.5. The van der Waals surface area contributed by atoms with Crippen molar-refractivity contribution in [3.8, 4) is 11.1 Å². The number of carbonyl (C=O) groups is 3. The summed E-state index contributed by atoms with van der Waals surface area (Å²) in [5, 5.41) is 21.3. The molecule has 2 fully saturated rings. The van der Waals surface area contributed by atoms with Gasteiger partial charge in [0, 0.05) is 133 Å². The summed E-state index contributed by atoms with van der Waals surface area (Å²) in [5.41, 5.74) is 4.81. The Bertz CT molecular complexity index is 2240. The zero-order chi connectivity index (χ0) is 44.0. The Morgan fingerprint density at radius 2 is 1.68 bits per heavy atom. The fraction of sp³-hybridized carbons (Fsp3) is 0.558. The van der Waals surface area contributed by atoms with Crippen LogP contribution < -0.4 is 15.1 Å². The molecule has 4 aliphatic heterocycles. The summed E-state index contributed by atoms with van der Waals surface area (Å²) in [5.74, 6) is 0.128. The molecule has 2 saturated heterocycles. The number of carboxylic acid groups (broad SMARTS) is 1. The van der Waals surface area contributed by atoms with Crippen LogP contribution >= 0.6 is 0 Å². The number of piperazine rings is 1. The van der Waals surface area contributed by atoms with Gasteiger partial charge in [0.2, 0.25) is 11.9 Å². The Morgan fingerprint density at radius 3 is 2.38 bits per heavy atom. The second-order valence-corrected chi connectivity index (χ2v) is 16.5. The first-order chi connectivity index (χ1) is 30.6. The summed E-state index contributed by atoms with van der Waals surface area (Å²) in [6.45, 7) is 7.99. The number of ether oxygens (including phenoxy) is 2. The molecule has 18 nitrogen and oxygen atoms in total. The van der Waals surface area contributed by atoms with Gasteiger partial charge in [-0.2, -0.15) is 10.2 Å². The van der Waals surface area contributed by atoms with Crippen molar-refractivity contribution in [1.29, 1.82) is 0 Å². The van der Waals surface area contributed by atoms with Gasteiger partial charge in [-0.15, -0.1) is 0 Å². The molecular formula is C43H56F2N12O6. The van der Waals surface area contributed by atoms with Crippen molar-refractivity contribution in [1.82, 2.24) is 49.5 Å². The number of aryl methyl sites for hydroxylation is 2. The average Bonchev–Trinajstić information content (AvgIpc) is 3.92. The molecule has 2 N–H and O–H groups in total. The van der Waals surface area contributed by atoms with Crippen LogP contribution in [-0.2, 0) is 40.7 Å². The van der Waals surface area contributed by atoms with E-state index in [1.54, 1.807) is 42.1 Å². The lowest BCUT2D eigenvalue weighted by Crippen LogP contribution is -2.47. The molecule has 0 unspecified atom stereocenters. The molecular weight excluding hydrogens is 819 g/mol. The maximum Gasteiger partial charge on any atom is 0.338 e. The van der Waals surface area contributed by atoms with E-state index in [2.05, 4.69) is 39.8 Å². The normalized spacial score (nSPS) is 17.3. The number of amides is 3. The number of fused-ring (bicyclic) bond motifs is 2. The van der Waals surface area contributed by atoms with Gasteiger partial charge in [-0.25, -0.2) is 28.3 Å². The summed E-state index contributed by atoms with van der Waals surface area (Å²) in [6.07, 6.45) is 7.78. The van der Waals surface area contributed by atoms with Gasteiger partial charge in [0.15, 0.2) is 5.82 Å². The Morgan fingerprint density at radius 1 is 0.921 bits per heavy atom. The number of anilines is 3. The number of benzene rings is 1. The zero-order valence-corrected chi connectivity index (χ0v) is 35.9. The standard InChI is InChI=1S/C43H56F2N12O6/c1-46-43(61)55-13-8-36-35(27-55)40(56-10-3-5-29-21-33(31-25-49-51(2)26-31)34(39(44)45)22-37(29)56)50-57(36)32-6-11-53(12-7-32)38(58)28-63-20-19-62-18-4-9-52-14-16-54(17-15-52)42-47-23-30(24-48-42)41(59)60/h21-26,32,39H,3-20,27-28H2,1-2H3,(H,46,61)(H,59,60). The molecule has 0 spiro atoms.